The summed E-state index contributed by atoms with van der Waals surface area (Å²) in [6.07, 6.45) is 0. The number of sulfonamides is 1. The zero-order valence-electron chi connectivity index (χ0n) is 9.72. The number of benzene rings is 2. The average Bonchev–Trinajstić information content (AvgIpc) is 2.39. The first-order valence-corrected chi connectivity index (χ1v) is 8.28. The van der Waals surface area contributed by atoms with Crippen LogP contribution in [0.15, 0.2) is 69.3 Å². The lowest BCUT2D eigenvalue weighted by atomic mass is 10.4. The number of hydrogen-bond acceptors (Lipinski definition) is 4. The first-order chi connectivity index (χ1) is 8.82. The molecule has 0 bridgehead atoms. The number of rotatable bonds is 3. The second-order valence-corrected chi connectivity index (χ2v) is 7.35. The molecule has 0 aliphatic heterocycles. The quantitative estimate of drug-likeness (QED) is 0.920. The summed E-state index contributed by atoms with van der Waals surface area (Å²) < 4.78 is 47.0. The Morgan fingerprint density at radius 3 is 1.79 bits per heavy atom. The van der Waals surface area contributed by atoms with E-state index in [0.29, 0.717) is 0 Å². The van der Waals surface area contributed by atoms with Gasteiger partial charge < -0.3 is 0 Å². The third-order valence-corrected chi connectivity index (χ3v) is 5.18. The van der Waals surface area contributed by atoms with Crippen molar-refractivity contribution in [3.8, 4) is 0 Å². The van der Waals surface area contributed by atoms with Gasteiger partial charge in [0.2, 0.25) is 19.9 Å². The first-order valence-electron chi connectivity index (χ1n) is 5.25. The largest absolute Gasteiger partial charge is 0.238 e. The lowest BCUT2D eigenvalue weighted by molar-refractivity contribution is 0.595. The predicted molar refractivity (Wildman–Crippen MR) is 69.7 cm³/mol. The van der Waals surface area contributed by atoms with Crippen LogP contribution in [0.5, 0.6) is 0 Å². The van der Waals surface area contributed by atoms with Gasteiger partial charge in [0.15, 0.2) is 0 Å². The van der Waals surface area contributed by atoms with Crippen molar-refractivity contribution < 1.29 is 16.8 Å². The Labute approximate surface area is 111 Å². The molecule has 7 heteroatoms. The summed E-state index contributed by atoms with van der Waals surface area (Å²) in [4.78, 5) is -0.240. The van der Waals surface area contributed by atoms with Gasteiger partial charge in [-0.1, -0.05) is 24.3 Å². The maximum atomic E-state index is 12.3. The number of primary sulfonamides is 1. The molecular weight excluding hydrogens is 286 g/mol. The SMILES string of the molecule is NS(=O)(=O)c1cccc(S(=O)(=O)c2ccccc2)c1. The monoisotopic (exact) mass is 297 g/mol. The van der Waals surface area contributed by atoms with Crippen molar-refractivity contribution in [1.82, 2.24) is 0 Å². The summed E-state index contributed by atoms with van der Waals surface area (Å²) in [5.74, 6) is 0. The summed E-state index contributed by atoms with van der Waals surface area (Å²) in [7, 11) is -7.67. The van der Waals surface area contributed by atoms with E-state index in [1.807, 2.05) is 0 Å². The van der Waals surface area contributed by atoms with Crippen molar-refractivity contribution in [2.75, 3.05) is 0 Å². The normalized spacial score (nSPS) is 12.3. The van der Waals surface area contributed by atoms with E-state index in [2.05, 4.69) is 0 Å². The zero-order valence-corrected chi connectivity index (χ0v) is 11.4. The van der Waals surface area contributed by atoms with E-state index >= 15 is 0 Å². The van der Waals surface area contributed by atoms with Crippen molar-refractivity contribution in [2.24, 2.45) is 5.14 Å². The lowest BCUT2D eigenvalue weighted by Gasteiger charge is -2.05. The molecule has 2 N–H and O–H groups in total. The third kappa shape index (κ3) is 2.83. The minimum atomic E-state index is -3.93. The van der Waals surface area contributed by atoms with E-state index in [4.69, 9.17) is 5.14 Å². The van der Waals surface area contributed by atoms with Crippen molar-refractivity contribution in [3.63, 3.8) is 0 Å². The molecule has 0 unspecified atom stereocenters. The van der Waals surface area contributed by atoms with Crippen LogP contribution in [-0.4, -0.2) is 16.8 Å². The van der Waals surface area contributed by atoms with Gasteiger partial charge in [-0.3, -0.25) is 0 Å². The fourth-order valence-electron chi connectivity index (χ4n) is 1.55. The number of sulfone groups is 1. The minimum absolute atomic E-state index is 0.0987. The van der Waals surface area contributed by atoms with E-state index in [-0.39, 0.29) is 14.7 Å². The Morgan fingerprint density at radius 1 is 0.684 bits per heavy atom. The predicted octanol–water partition coefficient (Wildman–Crippen LogP) is 1.17. The molecule has 0 saturated carbocycles. The molecule has 19 heavy (non-hydrogen) atoms. The highest BCUT2D eigenvalue weighted by Crippen LogP contribution is 2.22. The van der Waals surface area contributed by atoms with Gasteiger partial charge in [0.05, 0.1) is 14.7 Å². The minimum Gasteiger partial charge on any atom is -0.225 e. The summed E-state index contributed by atoms with van der Waals surface area (Å²) in [5, 5.41) is 4.99. The second-order valence-electron chi connectivity index (χ2n) is 3.84. The van der Waals surface area contributed by atoms with Crippen LogP contribution in [-0.2, 0) is 19.9 Å². The van der Waals surface area contributed by atoms with Gasteiger partial charge >= 0.3 is 0 Å². The number of hydrogen-bond donors (Lipinski definition) is 1. The van der Waals surface area contributed by atoms with Crippen LogP contribution in [0.25, 0.3) is 0 Å². The van der Waals surface area contributed by atoms with Gasteiger partial charge in [0, 0.05) is 0 Å². The van der Waals surface area contributed by atoms with Crippen LogP contribution in [0.2, 0.25) is 0 Å². The van der Waals surface area contributed by atoms with Gasteiger partial charge in [0.1, 0.15) is 0 Å². The van der Waals surface area contributed by atoms with Crippen LogP contribution < -0.4 is 5.14 Å². The molecule has 0 aliphatic carbocycles. The highest BCUT2D eigenvalue weighted by Gasteiger charge is 2.19. The van der Waals surface area contributed by atoms with Gasteiger partial charge in [-0.2, -0.15) is 0 Å². The van der Waals surface area contributed by atoms with E-state index in [0.717, 1.165) is 6.07 Å². The third-order valence-electron chi connectivity index (χ3n) is 2.50. The Bertz CT molecular complexity index is 797. The standard InChI is InChI=1S/C12H11NO4S2/c13-19(16,17)12-8-4-7-11(9-12)18(14,15)10-5-2-1-3-6-10/h1-9H,(H2,13,16,17). The molecule has 0 spiro atoms. The van der Waals surface area contributed by atoms with E-state index in [9.17, 15) is 16.8 Å². The zero-order chi connectivity index (χ0) is 14.1. The summed E-state index contributed by atoms with van der Waals surface area (Å²) in [6.45, 7) is 0. The smallest absolute Gasteiger partial charge is 0.225 e. The fraction of sp³-hybridized carbons (Fsp3) is 0. The topological polar surface area (TPSA) is 94.3 Å². The van der Waals surface area contributed by atoms with E-state index in [1.54, 1.807) is 18.2 Å². The van der Waals surface area contributed by atoms with Crippen LogP contribution in [0.1, 0.15) is 0 Å². The molecule has 0 aromatic heterocycles. The van der Waals surface area contributed by atoms with Gasteiger partial charge in [0.25, 0.3) is 0 Å². The number of nitrogens with two attached hydrogens (primary N) is 1. The van der Waals surface area contributed by atoms with E-state index in [1.165, 1.54) is 30.3 Å². The van der Waals surface area contributed by atoms with E-state index < -0.39 is 19.9 Å². The molecule has 0 heterocycles. The van der Waals surface area contributed by atoms with Crippen molar-refractivity contribution in [2.45, 2.75) is 14.7 Å². The second kappa shape index (κ2) is 4.76. The highest BCUT2D eigenvalue weighted by molar-refractivity contribution is 7.91. The van der Waals surface area contributed by atoms with Crippen LogP contribution in [0.4, 0.5) is 0 Å². The summed E-state index contributed by atoms with van der Waals surface area (Å²) in [6, 6.07) is 12.7. The fourth-order valence-corrected chi connectivity index (χ4v) is 3.52. The maximum absolute atomic E-state index is 12.3. The Hall–Kier alpha value is -1.70. The Kier molecular flexibility index (Phi) is 3.44. The average molecular weight is 297 g/mol. The van der Waals surface area contributed by atoms with Crippen LogP contribution >= 0.6 is 0 Å². The molecule has 0 atom stereocenters. The molecule has 0 amide bonds. The maximum Gasteiger partial charge on any atom is 0.238 e. The molecule has 0 saturated heterocycles. The molecule has 100 valence electrons. The first kappa shape index (κ1) is 13.7. The van der Waals surface area contributed by atoms with Crippen molar-refractivity contribution in [1.29, 1.82) is 0 Å². The van der Waals surface area contributed by atoms with Crippen LogP contribution in [0, 0.1) is 0 Å². The highest BCUT2D eigenvalue weighted by atomic mass is 32.2. The van der Waals surface area contributed by atoms with Crippen LogP contribution in [0.3, 0.4) is 0 Å². The van der Waals surface area contributed by atoms with Gasteiger partial charge in [-0.05, 0) is 30.3 Å². The molecule has 2 aromatic rings. The van der Waals surface area contributed by atoms with Gasteiger partial charge in [-0.25, -0.2) is 22.0 Å². The molecule has 2 rings (SSSR count). The Balaban J connectivity index is 2.61. The molecule has 0 fully saturated rings. The Morgan fingerprint density at radius 2 is 1.21 bits per heavy atom. The summed E-state index contributed by atoms with van der Waals surface area (Å²) >= 11 is 0. The molecule has 2 aromatic carbocycles. The van der Waals surface area contributed by atoms with Crippen molar-refractivity contribution >= 4 is 19.9 Å². The molecule has 0 aliphatic rings. The molecule has 0 radical (unpaired) electrons. The summed E-state index contributed by atoms with van der Waals surface area (Å²) in [5.41, 5.74) is 0. The van der Waals surface area contributed by atoms with Crippen molar-refractivity contribution in [3.05, 3.63) is 54.6 Å². The molecule has 5 nitrogen and oxygen atoms in total. The van der Waals surface area contributed by atoms with Gasteiger partial charge in [-0.15, -0.1) is 0 Å². The molecular formula is C12H11NO4S2. The lowest BCUT2D eigenvalue weighted by Crippen LogP contribution is -2.13.